The third-order valence-electron chi connectivity index (χ3n) is 1.29. The van der Waals surface area contributed by atoms with Crippen molar-refractivity contribution in [3.8, 4) is 0 Å². The summed E-state index contributed by atoms with van der Waals surface area (Å²) in [7, 11) is 0. The average Bonchev–Trinajstić information content (AvgIpc) is 2.11. The van der Waals surface area contributed by atoms with E-state index in [0.717, 1.165) is 0 Å². The van der Waals surface area contributed by atoms with Crippen molar-refractivity contribution in [1.29, 1.82) is 0 Å². The van der Waals surface area contributed by atoms with Crippen LogP contribution in [-0.2, 0) is 14.3 Å². The first-order chi connectivity index (χ1) is 6.11. The highest BCUT2D eigenvalue weighted by atomic mass is 16.7. The minimum absolute atomic E-state index is 0.377. The van der Waals surface area contributed by atoms with E-state index in [0.29, 0.717) is 12.0 Å². The van der Waals surface area contributed by atoms with Gasteiger partial charge in [0.15, 0.2) is 0 Å². The van der Waals surface area contributed by atoms with Crippen LogP contribution in [-0.4, -0.2) is 12.3 Å². The molecule has 0 saturated carbocycles. The summed E-state index contributed by atoms with van der Waals surface area (Å²) in [6.45, 7) is 8.78. The van der Waals surface area contributed by atoms with Gasteiger partial charge in [-0.2, -0.15) is 0 Å². The highest BCUT2D eigenvalue weighted by Gasteiger charge is 2.11. The first-order valence-electron chi connectivity index (χ1n) is 4.24. The minimum Gasteiger partial charge on any atom is -0.463 e. The molecule has 0 bridgehead atoms. The van der Waals surface area contributed by atoms with E-state index in [2.05, 4.69) is 6.58 Å². The zero-order chi connectivity index (χ0) is 10.3. The number of esters is 1. The molecule has 0 aliphatic rings. The van der Waals surface area contributed by atoms with Gasteiger partial charge in [-0.15, -0.1) is 0 Å². The van der Waals surface area contributed by atoms with Gasteiger partial charge in [0.2, 0.25) is 6.29 Å². The number of rotatable bonds is 5. The number of hydrogen-bond donors (Lipinski definition) is 0. The molecule has 0 aliphatic carbocycles. The summed E-state index contributed by atoms with van der Waals surface area (Å²) in [6, 6.07) is 0. The number of carbonyl (C=O) groups is 1. The van der Waals surface area contributed by atoms with E-state index in [1.54, 1.807) is 13.0 Å². The fourth-order valence-corrected chi connectivity index (χ4v) is 0.594. The lowest BCUT2D eigenvalue weighted by Crippen LogP contribution is -2.18. The Balaban J connectivity index is 3.97. The predicted octanol–water partition coefficient (Wildman–Crippen LogP) is 2.39. The molecule has 0 radical (unpaired) electrons. The first kappa shape index (κ1) is 11.8. The fourth-order valence-electron chi connectivity index (χ4n) is 0.594. The Morgan fingerprint density at radius 3 is 2.62 bits per heavy atom. The second-order valence-electron chi connectivity index (χ2n) is 2.63. The van der Waals surface area contributed by atoms with Crippen LogP contribution in [0.25, 0.3) is 0 Å². The molecule has 0 N–H and O–H groups in total. The Bertz CT molecular complexity index is 206. The molecule has 0 aromatic heterocycles. The summed E-state index contributed by atoms with van der Waals surface area (Å²) in [5, 5.41) is 0. The molecule has 3 heteroatoms. The topological polar surface area (TPSA) is 35.5 Å². The summed E-state index contributed by atoms with van der Waals surface area (Å²) in [5.41, 5.74) is 0.377. The molecule has 0 aromatic rings. The Kier molecular flexibility index (Phi) is 5.68. The summed E-state index contributed by atoms with van der Waals surface area (Å²) in [4.78, 5) is 11.0. The van der Waals surface area contributed by atoms with Crippen molar-refractivity contribution in [3.05, 3.63) is 24.5 Å². The molecule has 0 aliphatic heterocycles. The van der Waals surface area contributed by atoms with E-state index in [9.17, 15) is 4.79 Å². The normalized spacial score (nSPS) is 12.5. The Morgan fingerprint density at radius 2 is 2.23 bits per heavy atom. The van der Waals surface area contributed by atoms with E-state index in [4.69, 9.17) is 9.47 Å². The van der Waals surface area contributed by atoms with Crippen molar-refractivity contribution in [1.82, 2.24) is 0 Å². The van der Waals surface area contributed by atoms with Crippen molar-refractivity contribution in [2.75, 3.05) is 0 Å². The van der Waals surface area contributed by atoms with E-state index >= 15 is 0 Å². The van der Waals surface area contributed by atoms with Crippen molar-refractivity contribution in [2.24, 2.45) is 0 Å². The van der Waals surface area contributed by atoms with Gasteiger partial charge in [0, 0.05) is 12.0 Å². The second-order valence-corrected chi connectivity index (χ2v) is 2.63. The van der Waals surface area contributed by atoms with Gasteiger partial charge in [-0.3, -0.25) is 0 Å². The molecule has 13 heavy (non-hydrogen) atoms. The summed E-state index contributed by atoms with van der Waals surface area (Å²) in [6.07, 6.45) is 3.33. The molecular formula is C10H16O3. The number of allylic oxidation sites excluding steroid dienone is 1. The van der Waals surface area contributed by atoms with Gasteiger partial charge in [-0.1, -0.05) is 19.6 Å². The lowest BCUT2D eigenvalue weighted by atomic mass is 10.3. The van der Waals surface area contributed by atoms with Crippen molar-refractivity contribution in [3.63, 3.8) is 0 Å². The molecule has 0 heterocycles. The van der Waals surface area contributed by atoms with Crippen molar-refractivity contribution >= 4 is 5.97 Å². The smallest absolute Gasteiger partial charge is 0.336 e. The molecule has 0 rings (SSSR count). The molecule has 3 nitrogen and oxygen atoms in total. The van der Waals surface area contributed by atoms with Crippen LogP contribution in [0.2, 0.25) is 0 Å². The van der Waals surface area contributed by atoms with Crippen LogP contribution in [0.15, 0.2) is 24.5 Å². The quantitative estimate of drug-likeness (QED) is 0.285. The van der Waals surface area contributed by atoms with Gasteiger partial charge in [-0.25, -0.2) is 4.79 Å². The highest BCUT2D eigenvalue weighted by Crippen LogP contribution is 2.04. The van der Waals surface area contributed by atoms with Gasteiger partial charge in [0.05, 0.1) is 6.26 Å². The van der Waals surface area contributed by atoms with E-state index in [1.807, 2.05) is 13.8 Å². The van der Waals surface area contributed by atoms with E-state index in [-0.39, 0.29) is 0 Å². The Labute approximate surface area is 79.0 Å². The summed E-state index contributed by atoms with van der Waals surface area (Å²) >= 11 is 0. The van der Waals surface area contributed by atoms with Crippen LogP contribution >= 0.6 is 0 Å². The van der Waals surface area contributed by atoms with Crippen LogP contribution in [0.3, 0.4) is 0 Å². The van der Waals surface area contributed by atoms with E-state index < -0.39 is 12.3 Å². The fraction of sp³-hybridized carbons (Fsp3) is 0.500. The molecule has 1 unspecified atom stereocenters. The molecule has 0 fully saturated rings. The van der Waals surface area contributed by atoms with Gasteiger partial charge >= 0.3 is 5.97 Å². The van der Waals surface area contributed by atoms with Gasteiger partial charge < -0.3 is 9.47 Å². The van der Waals surface area contributed by atoms with Gasteiger partial charge in [-0.05, 0) is 13.8 Å². The van der Waals surface area contributed by atoms with Crippen LogP contribution in [0.5, 0.6) is 0 Å². The molecule has 0 saturated heterocycles. The molecule has 74 valence electrons. The van der Waals surface area contributed by atoms with Crippen LogP contribution in [0.4, 0.5) is 0 Å². The molecule has 0 amide bonds. The largest absolute Gasteiger partial charge is 0.463 e. The van der Waals surface area contributed by atoms with Crippen LogP contribution in [0, 0.1) is 0 Å². The zero-order valence-electron chi connectivity index (χ0n) is 8.37. The number of carbonyl (C=O) groups excluding carboxylic acids is 1. The minimum atomic E-state index is -0.514. The molecule has 1 atom stereocenters. The SMILES string of the molecule is C=C(C)C(=O)OC(CC)OC=CC. The monoisotopic (exact) mass is 184 g/mol. The second kappa shape index (κ2) is 6.29. The standard InChI is InChI=1S/C10H16O3/c1-5-7-12-9(6-2)13-10(11)8(3)4/h5,7,9H,3,6H2,1-2,4H3. The van der Waals surface area contributed by atoms with Crippen LogP contribution in [0.1, 0.15) is 27.2 Å². The Morgan fingerprint density at radius 1 is 1.62 bits per heavy atom. The zero-order valence-corrected chi connectivity index (χ0v) is 8.37. The van der Waals surface area contributed by atoms with Crippen LogP contribution < -0.4 is 0 Å². The number of ether oxygens (including phenoxy) is 2. The van der Waals surface area contributed by atoms with Crippen molar-refractivity contribution in [2.45, 2.75) is 33.5 Å². The maximum atomic E-state index is 11.0. The maximum absolute atomic E-state index is 11.0. The Hall–Kier alpha value is -1.25. The third kappa shape index (κ3) is 5.06. The third-order valence-corrected chi connectivity index (χ3v) is 1.29. The van der Waals surface area contributed by atoms with Gasteiger partial charge in [0.1, 0.15) is 0 Å². The molecule has 0 spiro atoms. The highest BCUT2D eigenvalue weighted by molar-refractivity contribution is 5.86. The van der Waals surface area contributed by atoms with E-state index in [1.165, 1.54) is 6.26 Å². The average molecular weight is 184 g/mol. The lowest BCUT2D eigenvalue weighted by Gasteiger charge is -2.14. The predicted molar refractivity (Wildman–Crippen MR) is 50.9 cm³/mol. The molecular weight excluding hydrogens is 168 g/mol. The number of hydrogen-bond acceptors (Lipinski definition) is 3. The lowest BCUT2D eigenvalue weighted by molar-refractivity contribution is -0.164. The summed E-state index contributed by atoms with van der Waals surface area (Å²) in [5.74, 6) is -0.420. The summed E-state index contributed by atoms with van der Waals surface area (Å²) < 4.78 is 10.0. The van der Waals surface area contributed by atoms with Gasteiger partial charge in [0.25, 0.3) is 0 Å². The molecule has 0 aromatic carbocycles. The van der Waals surface area contributed by atoms with Crippen molar-refractivity contribution < 1.29 is 14.3 Å². The maximum Gasteiger partial charge on any atom is 0.336 e. The first-order valence-corrected chi connectivity index (χ1v) is 4.24.